The molecule has 1 rings (SSSR count). The third-order valence-corrected chi connectivity index (χ3v) is 2.98. The second-order valence-electron chi connectivity index (χ2n) is 5.00. The van der Waals surface area contributed by atoms with E-state index in [0.29, 0.717) is 17.7 Å². The summed E-state index contributed by atoms with van der Waals surface area (Å²) in [7, 11) is 4.07. The molecule has 4 heteroatoms. The quantitative estimate of drug-likeness (QED) is 0.757. The van der Waals surface area contributed by atoms with Gasteiger partial charge in [0.1, 0.15) is 5.82 Å². The summed E-state index contributed by atoms with van der Waals surface area (Å²) in [6.45, 7) is 5.54. The first-order chi connectivity index (χ1) is 9.06. The summed E-state index contributed by atoms with van der Waals surface area (Å²) in [6, 6.07) is 6.65. The fourth-order valence-electron chi connectivity index (χ4n) is 1.91. The molecule has 104 valence electrons. The second kappa shape index (κ2) is 7.88. The van der Waals surface area contributed by atoms with Crippen LogP contribution in [0.5, 0.6) is 0 Å². The lowest BCUT2D eigenvalue weighted by molar-refractivity contribution is 0.231. The van der Waals surface area contributed by atoms with Crippen molar-refractivity contribution in [3.63, 3.8) is 0 Å². The van der Waals surface area contributed by atoms with Gasteiger partial charge in [-0.3, -0.25) is 4.90 Å². The Morgan fingerprint density at radius 2 is 1.95 bits per heavy atom. The van der Waals surface area contributed by atoms with E-state index in [2.05, 4.69) is 16.7 Å². The molecule has 0 aliphatic heterocycles. The van der Waals surface area contributed by atoms with E-state index in [4.69, 9.17) is 5.26 Å². The SMILES string of the molecule is CCCN(CCN(C)C)Cc1ccc(C#N)cc1F. The number of rotatable bonds is 7. The Bertz CT molecular complexity index is 438. The van der Waals surface area contributed by atoms with Gasteiger partial charge >= 0.3 is 0 Å². The first kappa shape index (κ1) is 15.6. The van der Waals surface area contributed by atoms with E-state index in [1.165, 1.54) is 6.07 Å². The lowest BCUT2D eigenvalue weighted by Crippen LogP contribution is -2.32. The Hall–Kier alpha value is -1.44. The van der Waals surface area contributed by atoms with Gasteiger partial charge in [0, 0.05) is 25.2 Å². The average Bonchev–Trinajstić information content (AvgIpc) is 2.38. The Morgan fingerprint density at radius 1 is 1.21 bits per heavy atom. The molecule has 0 radical (unpaired) electrons. The Morgan fingerprint density at radius 3 is 2.47 bits per heavy atom. The van der Waals surface area contributed by atoms with Crippen LogP contribution in [0.1, 0.15) is 24.5 Å². The van der Waals surface area contributed by atoms with Crippen LogP contribution in [0.4, 0.5) is 4.39 Å². The minimum absolute atomic E-state index is 0.287. The predicted octanol–water partition coefficient (Wildman–Crippen LogP) is 2.47. The monoisotopic (exact) mass is 263 g/mol. The van der Waals surface area contributed by atoms with Crippen LogP contribution in [-0.4, -0.2) is 43.5 Å². The molecule has 3 nitrogen and oxygen atoms in total. The highest BCUT2D eigenvalue weighted by atomic mass is 19.1. The maximum Gasteiger partial charge on any atom is 0.129 e. The Kier molecular flexibility index (Phi) is 6.48. The van der Waals surface area contributed by atoms with Gasteiger partial charge < -0.3 is 4.90 Å². The van der Waals surface area contributed by atoms with E-state index in [0.717, 1.165) is 26.1 Å². The smallest absolute Gasteiger partial charge is 0.129 e. The van der Waals surface area contributed by atoms with E-state index in [1.807, 2.05) is 20.2 Å². The molecule has 0 aromatic heterocycles. The second-order valence-corrected chi connectivity index (χ2v) is 5.00. The highest BCUT2D eigenvalue weighted by Gasteiger charge is 2.09. The third kappa shape index (κ3) is 5.37. The number of halogens is 1. The maximum atomic E-state index is 13.8. The average molecular weight is 263 g/mol. The third-order valence-electron chi connectivity index (χ3n) is 2.98. The van der Waals surface area contributed by atoms with Crippen LogP contribution in [0.15, 0.2) is 18.2 Å². The summed E-state index contributed by atoms with van der Waals surface area (Å²) >= 11 is 0. The van der Waals surface area contributed by atoms with Crippen LogP contribution in [-0.2, 0) is 6.54 Å². The number of nitrogens with zero attached hydrogens (tertiary/aromatic N) is 3. The normalized spacial score (nSPS) is 11.0. The van der Waals surface area contributed by atoms with Crippen molar-refractivity contribution in [2.24, 2.45) is 0 Å². The molecule has 0 unspecified atom stereocenters. The molecule has 0 fully saturated rings. The molecule has 0 atom stereocenters. The molecular formula is C15H22FN3. The van der Waals surface area contributed by atoms with Crippen molar-refractivity contribution in [3.05, 3.63) is 35.1 Å². The zero-order chi connectivity index (χ0) is 14.3. The van der Waals surface area contributed by atoms with Crippen molar-refractivity contribution in [3.8, 4) is 6.07 Å². The Labute approximate surface area is 115 Å². The molecule has 0 saturated heterocycles. The minimum Gasteiger partial charge on any atom is -0.308 e. The molecule has 0 N–H and O–H groups in total. The first-order valence-electron chi connectivity index (χ1n) is 6.62. The number of hydrogen-bond donors (Lipinski definition) is 0. The van der Waals surface area contributed by atoms with Gasteiger partial charge in [-0.25, -0.2) is 4.39 Å². The summed E-state index contributed by atoms with van der Waals surface area (Å²) in [5.74, 6) is -0.287. The predicted molar refractivity (Wildman–Crippen MR) is 75.2 cm³/mol. The van der Waals surface area contributed by atoms with E-state index in [-0.39, 0.29) is 5.82 Å². The van der Waals surface area contributed by atoms with Crippen molar-refractivity contribution in [2.75, 3.05) is 33.7 Å². The van der Waals surface area contributed by atoms with Crippen molar-refractivity contribution in [1.82, 2.24) is 9.80 Å². The van der Waals surface area contributed by atoms with Gasteiger partial charge in [-0.05, 0) is 39.2 Å². The Balaban J connectivity index is 2.70. The molecule has 1 aromatic rings. The molecule has 0 saturated carbocycles. The number of nitriles is 1. The van der Waals surface area contributed by atoms with E-state index in [1.54, 1.807) is 12.1 Å². The van der Waals surface area contributed by atoms with Gasteiger partial charge in [-0.1, -0.05) is 13.0 Å². The molecule has 19 heavy (non-hydrogen) atoms. The van der Waals surface area contributed by atoms with Gasteiger partial charge in [0.15, 0.2) is 0 Å². The summed E-state index contributed by atoms with van der Waals surface area (Å²) in [5.41, 5.74) is 1.03. The topological polar surface area (TPSA) is 30.3 Å². The van der Waals surface area contributed by atoms with E-state index < -0.39 is 0 Å². The zero-order valence-corrected chi connectivity index (χ0v) is 12.0. The standard InChI is InChI=1S/C15H22FN3/c1-4-7-19(9-8-18(2)3)12-14-6-5-13(11-17)10-15(14)16/h5-6,10H,4,7-9,12H2,1-3H3. The van der Waals surface area contributed by atoms with Crippen molar-refractivity contribution in [1.29, 1.82) is 5.26 Å². The van der Waals surface area contributed by atoms with Gasteiger partial charge in [-0.15, -0.1) is 0 Å². The van der Waals surface area contributed by atoms with Crippen LogP contribution < -0.4 is 0 Å². The molecule has 0 bridgehead atoms. The highest BCUT2D eigenvalue weighted by Crippen LogP contribution is 2.13. The number of likely N-dealkylation sites (N-methyl/N-ethyl adjacent to an activating group) is 1. The summed E-state index contributed by atoms with van der Waals surface area (Å²) in [6.07, 6.45) is 1.05. The fourth-order valence-corrected chi connectivity index (χ4v) is 1.91. The van der Waals surface area contributed by atoms with Crippen LogP contribution in [0, 0.1) is 17.1 Å². The van der Waals surface area contributed by atoms with Crippen LogP contribution in [0.25, 0.3) is 0 Å². The first-order valence-corrected chi connectivity index (χ1v) is 6.62. The number of benzene rings is 1. The summed E-state index contributed by atoms with van der Waals surface area (Å²) in [4.78, 5) is 4.36. The molecule has 0 spiro atoms. The molecule has 0 amide bonds. The largest absolute Gasteiger partial charge is 0.308 e. The lowest BCUT2D eigenvalue weighted by atomic mass is 10.1. The fraction of sp³-hybridized carbons (Fsp3) is 0.533. The van der Waals surface area contributed by atoms with Crippen molar-refractivity contribution in [2.45, 2.75) is 19.9 Å². The van der Waals surface area contributed by atoms with Gasteiger partial charge in [0.25, 0.3) is 0 Å². The summed E-state index contributed by atoms with van der Waals surface area (Å²) in [5, 5.41) is 8.73. The molecule has 0 aliphatic carbocycles. The maximum absolute atomic E-state index is 13.8. The van der Waals surface area contributed by atoms with Crippen molar-refractivity contribution >= 4 is 0 Å². The van der Waals surface area contributed by atoms with Crippen LogP contribution >= 0.6 is 0 Å². The van der Waals surface area contributed by atoms with Crippen molar-refractivity contribution < 1.29 is 4.39 Å². The van der Waals surface area contributed by atoms with Gasteiger partial charge in [0.05, 0.1) is 11.6 Å². The molecule has 0 aliphatic rings. The van der Waals surface area contributed by atoms with Gasteiger partial charge in [0.2, 0.25) is 0 Å². The van der Waals surface area contributed by atoms with Crippen LogP contribution in [0.2, 0.25) is 0 Å². The van der Waals surface area contributed by atoms with E-state index in [9.17, 15) is 4.39 Å². The van der Waals surface area contributed by atoms with E-state index >= 15 is 0 Å². The number of hydrogen-bond acceptors (Lipinski definition) is 3. The molecule has 1 aromatic carbocycles. The zero-order valence-electron chi connectivity index (χ0n) is 12.0. The highest BCUT2D eigenvalue weighted by molar-refractivity contribution is 5.32. The molecular weight excluding hydrogens is 241 g/mol. The molecule has 0 heterocycles. The minimum atomic E-state index is -0.287. The lowest BCUT2D eigenvalue weighted by Gasteiger charge is -2.23. The summed E-state index contributed by atoms with van der Waals surface area (Å²) < 4.78 is 13.8. The van der Waals surface area contributed by atoms with Gasteiger partial charge in [-0.2, -0.15) is 5.26 Å². The van der Waals surface area contributed by atoms with Crippen LogP contribution in [0.3, 0.4) is 0 Å².